The average Bonchev–Trinajstić information content (AvgIpc) is 3.29. The molecule has 3 aromatic rings. The molecule has 0 saturated carbocycles. The highest BCUT2D eigenvalue weighted by atomic mass is 32.1. The highest BCUT2D eigenvalue weighted by Crippen LogP contribution is 2.25. The van der Waals surface area contributed by atoms with Crippen molar-refractivity contribution < 1.29 is 18.7 Å². The van der Waals surface area contributed by atoms with Crippen LogP contribution in [0.1, 0.15) is 30.3 Å². The zero-order valence-electron chi connectivity index (χ0n) is 17.5. The number of rotatable bonds is 6. The van der Waals surface area contributed by atoms with E-state index in [4.69, 9.17) is 4.74 Å². The molecular formula is C22H22FN5O3S. The molecule has 0 bridgehead atoms. The molecule has 0 radical (unpaired) electrons. The van der Waals surface area contributed by atoms with Gasteiger partial charge in [-0.05, 0) is 56.2 Å². The summed E-state index contributed by atoms with van der Waals surface area (Å²) in [7, 11) is 0. The highest BCUT2D eigenvalue weighted by molar-refractivity contribution is 7.14. The number of nitrogens with zero attached hydrogens (tertiary/aromatic N) is 4. The van der Waals surface area contributed by atoms with Crippen LogP contribution in [0.4, 0.5) is 15.3 Å². The molecule has 1 aromatic carbocycles. The minimum absolute atomic E-state index is 0.104. The number of benzene rings is 1. The van der Waals surface area contributed by atoms with Gasteiger partial charge in [0, 0.05) is 30.0 Å². The van der Waals surface area contributed by atoms with Gasteiger partial charge >= 0.3 is 5.97 Å². The third kappa shape index (κ3) is 5.08. The average molecular weight is 456 g/mol. The topological polar surface area (TPSA) is 97.3 Å². The number of carbonyl (C=O) groups excluding carboxylic acids is 2. The van der Waals surface area contributed by atoms with E-state index >= 15 is 0 Å². The molecule has 3 heterocycles. The van der Waals surface area contributed by atoms with Crippen molar-refractivity contribution in [2.75, 3.05) is 29.9 Å². The maximum atomic E-state index is 13.1. The number of carbonyl (C=O) groups is 2. The van der Waals surface area contributed by atoms with Gasteiger partial charge in [0.1, 0.15) is 5.82 Å². The molecule has 8 nitrogen and oxygen atoms in total. The second kappa shape index (κ2) is 9.82. The third-order valence-electron chi connectivity index (χ3n) is 5.20. The van der Waals surface area contributed by atoms with Crippen LogP contribution in [-0.2, 0) is 9.53 Å². The highest BCUT2D eigenvalue weighted by Gasteiger charge is 2.26. The summed E-state index contributed by atoms with van der Waals surface area (Å²) < 4.78 is 18.0. The first-order chi connectivity index (χ1) is 15.5. The van der Waals surface area contributed by atoms with Crippen molar-refractivity contribution in [2.45, 2.75) is 19.8 Å². The smallest absolute Gasteiger partial charge is 0.357 e. The fraction of sp³-hybridized carbons (Fsp3) is 0.318. The number of hydrogen-bond acceptors (Lipinski definition) is 8. The Kier molecular flexibility index (Phi) is 6.69. The quantitative estimate of drug-likeness (QED) is 0.565. The molecule has 1 amide bonds. The lowest BCUT2D eigenvalue weighted by Crippen LogP contribution is -2.38. The van der Waals surface area contributed by atoms with Crippen molar-refractivity contribution >= 4 is 34.2 Å². The summed E-state index contributed by atoms with van der Waals surface area (Å²) in [6.07, 6.45) is 1.34. The van der Waals surface area contributed by atoms with E-state index in [-0.39, 0.29) is 29.9 Å². The molecule has 0 spiro atoms. The Labute approximate surface area is 188 Å². The number of esters is 1. The van der Waals surface area contributed by atoms with E-state index in [0.29, 0.717) is 36.8 Å². The maximum absolute atomic E-state index is 13.1. The summed E-state index contributed by atoms with van der Waals surface area (Å²) in [5.41, 5.74) is 1.67. The number of hydrogen-bond donors (Lipinski definition) is 1. The van der Waals surface area contributed by atoms with Gasteiger partial charge in [0.05, 0.1) is 12.3 Å². The van der Waals surface area contributed by atoms with E-state index in [0.717, 1.165) is 11.4 Å². The Hall–Kier alpha value is -3.40. The summed E-state index contributed by atoms with van der Waals surface area (Å²) in [4.78, 5) is 30.5. The summed E-state index contributed by atoms with van der Waals surface area (Å²) in [6, 6.07) is 9.87. The normalized spacial score (nSPS) is 14.2. The molecule has 1 aliphatic rings. The lowest BCUT2D eigenvalue weighted by molar-refractivity contribution is -0.120. The van der Waals surface area contributed by atoms with Crippen molar-refractivity contribution in [3.8, 4) is 11.3 Å². The summed E-state index contributed by atoms with van der Waals surface area (Å²) in [6.45, 7) is 3.35. The first-order valence-corrected chi connectivity index (χ1v) is 11.2. The van der Waals surface area contributed by atoms with Gasteiger partial charge in [0.25, 0.3) is 0 Å². The number of anilines is 2. The van der Waals surface area contributed by atoms with Crippen LogP contribution in [0.5, 0.6) is 0 Å². The SMILES string of the molecule is CCOC(=O)c1csc(NC(=O)C2CCN(c3ccc(-c4ccc(F)cc4)nn3)CC2)n1. The van der Waals surface area contributed by atoms with Crippen molar-refractivity contribution in [1.82, 2.24) is 15.2 Å². The lowest BCUT2D eigenvalue weighted by atomic mass is 9.96. The van der Waals surface area contributed by atoms with Crippen LogP contribution in [0.3, 0.4) is 0 Å². The van der Waals surface area contributed by atoms with Crippen molar-refractivity contribution in [2.24, 2.45) is 5.92 Å². The molecule has 1 fully saturated rings. The number of nitrogens with one attached hydrogen (secondary N) is 1. The molecule has 166 valence electrons. The van der Waals surface area contributed by atoms with Gasteiger partial charge in [-0.25, -0.2) is 14.2 Å². The molecule has 32 heavy (non-hydrogen) atoms. The molecule has 1 N–H and O–H groups in total. The van der Waals surface area contributed by atoms with Gasteiger partial charge in [0.2, 0.25) is 5.91 Å². The number of ether oxygens (including phenoxy) is 1. The van der Waals surface area contributed by atoms with Crippen LogP contribution in [0.25, 0.3) is 11.3 Å². The predicted octanol–water partition coefficient (Wildman–Crippen LogP) is 3.77. The molecular weight excluding hydrogens is 433 g/mol. The molecule has 4 rings (SSSR count). The van der Waals surface area contributed by atoms with Crippen LogP contribution in [0.15, 0.2) is 41.8 Å². The second-order valence-corrected chi connectivity index (χ2v) is 8.15. The molecule has 2 aromatic heterocycles. The van der Waals surface area contributed by atoms with Gasteiger partial charge in [-0.2, -0.15) is 0 Å². The monoisotopic (exact) mass is 455 g/mol. The molecule has 0 aliphatic carbocycles. The Morgan fingerprint density at radius 3 is 2.56 bits per heavy atom. The second-order valence-electron chi connectivity index (χ2n) is 7.29. The van der Waals surface area contributed by atoms with E-state index < -0.39 is 5.97 Å². The van der Waals surface area contributed by atoms with Crippen molar-refractivity contribution in [1.29, 1.82) is 0 Å². The van der Waals surface area contributed by atoms with E-state index in [1.807, 2.05) is 12.1 Å². The van der Waals surface area contributed by atoms with Crippen LogP contribution >= 0.6 is 11.3 Å². The standard InChI is InChI=1S/C22H22FN5O3S/c1-2-31-21(30)18-13-32-22(24-18)25-20(29)15-9-11-28(12-10-15)19-8-7-17(26-27-19)14-3-5-16(23)6-4-14/h3-8,13,15H,2,9-12H2,1H3,(H,24,25,29). The number of thiazole rings is 1. The zero-order chi connectivity index (χ0) is 22.5. The maximum Gasteiger partial charge on any atom is 0.357 e. The third-order valence-corrected chi connectivity index (χ3v) is 5.96. The summed E-state index contributed by atoms with van der Waals surface area (Å²) in [5, 5.41) is 13.3. The van der Waals surface area contributed by atoms with Crippen molar-refractivity contribution in [3.63, 3.8) is 0 Å². The fourth-order valence-electron chi connectivity index (χ4n) is 3.48. The first-order valence-electron chi connectivity index (χ1n) is 10.3. The Morgan fingerprint density at radius 2 is 1.91 bits per heavy atom. The van der Waals surface area contributed by atoms with Crippen LogP contribution in [0.2, 0.25) is 0 Å². The molecule has 0 unspecified atom stereocenters. The fourth-order valence-corrected chi connectivity index (χ4v) is 4.16. The molecule has 0 atom stereocenters. The largest absolute Gasteiger partial charge is 0.461 e. The van der Waals surface area contributed by atoms with Crippen molar-refractivity contribution in [3.05, 3.63) is 53.3 Å². The van der Waals surface area contributed by atoms with Crippen LogP contribution in [-0.4, -0.2) is 46.8 Å². The van der Waals surface area contributed by atoms with E-state index in [2.05, 4.69) is 25.4 Å². The number of amides is 1. The minimum atomic E-state index is -0.496. The molecule has 1 aliphatic heterocycles. The van der Waals surface area contributed by atoms with Gasteiger partial charge in [-0.1, -0.05) is 0 Å². The number of halogens is 1. The van der Waals surface area contributed by atoms with Gasteiger partial charge in [-0.3, -0.25) is 4.79 Å². The van der Waals surface area contributed by atoms with Gasteiger partial charge in [0.15, 0.2) is 16.6 Å². The van der Waals surface area contributed by atoms with Crippen LogP contribution < -0.4 is 10.2 Å². The molecule has 1 saturated heterocycles. The van der Waals surface area contributed by atoms with Crippen LogP contribution in [0, 0.1) is 11.7 Å². The number of aromatic nitrogens is 3. The predicted molar refractivity (Wildman–Crippen MR) is 119 cm³/mol. The van der Waals surface area contributed by atoms with E-state index in [9.17, 15) is 14.0 Å². The summed E-state index contributed by atoms with van der Waals surface area (Å²) >= 11 is 1.20. The molecule has 10 heteroatoms. The Balaban J connectivity index is 1.30. The van der Waals surface area contributed by atoms with Gasteiger partial charge in [-0.15, -0.1) is 21.5 Å². The van der Waals surface area contributed by atoms with Gasteiger partial charge < -0.3 is 15.0 Å². The Morgan fingerprint density at radius 1 is 1.16 bits per heavy atom. The zero-order valence-corrected chi connectivity index (χ0v) is 18.3. The number of piperidine rings is 1. The lowest BCUT2D eigenvalue weighted by Gasteiger charge is -2.31. The van der Waals surface area contributed by atoms with E-state index in [1.165, 1.54) is 23.5 Å². The Bertz CT molecular complexity index is 1080. The first kappa shape index (κ1) is 21.8. The minimum Gasteiger partial charge on any atom is -0.461 e. The summed E-state index contributed by atoms with van der Waals surface area (Å²) in [5.74, 6) is -0.294. The van der Waals surface area contributed by atoms with E-state index in [1.54, 1.807) is 24.4 Å².